The normalized spacial score (nSPS) is 10.1. The van der Waals surface area contributed by atoms with Gasteiger partial charge in [0.1, 0.15) is 17.8 Å². The molecule has 7 nitrogen and oxygen atoms in total. The highest BCUT2D eigenvalue weighted by Gasteiger charge is 2.13. The standard InChI is InChI=1S/C20H18N4O3/c1-24(16-9-4-3-5-10-16)18-12-17(21-13-22-18)19(25)23-15-8-6-7-14(11-15)20(26)27-2/h3-13H,1-2H3,(H,23,25). The summed E-state index contributed by atoms with van der Waals surface area (Å²) in [6.45, 7) is 0. The van der Waals surface area contributed by atoms with E-state index < -0.39 is 11.9 Å². The molecule has 3 aromatic rings. The molecule has 0 atom stereocenters. The fourth-order valence-electron chi connectivity index (χ4n) is 2.48. The van der Waals surface area contributed by atoms with Gasteiger partial charge in [-0.3, -0.25) is 4.79 Å². The van der Waals surface area contributed by atoms with Crippen molar-refractivity contribution in [2.24, 2.45) is 0 Å². The van der Waals surface area contributed by atoms with E-state index in [1.807, 2.05) is 42.3 Å². The van der Waals surface area contributed by atoms with Crippen molar-refractivity contribution in [2.45, 2.75) is 0 Å². The van der Waals surface area contributed by atoms with Crippen molar-refractivity contribution >= 4 is 29.1 Å². The van der Waals surface area contributed by atoms with Crippen molar-refractivity contribution in [2.75, 3.05) is 24.4 Å². The fraction of sp³-hybridized carbons (Fsp3) is 0.100. The van der Waals surface area contributed by atoms with Crippen LogP contribution < -0.4 is 10.2 Å². The van der Waals surface area contributed by atoms with E-state index in [1.54, 1.807) is 30.3 Å². The Morgan fingerprint density at radius 1 is 1.00 bits per heavy atom. The third-order valence-electron chi connectivity index (χ3n) is 3.91. The zero-order valence-corrected chi connectivity index (χ0v) is 14.9. The summed E-state index contributed by atoms with van der Waals surface area (Å²) >= 11 is 0. The third kappa shape index (κ3) is 4.27. The Labute approximate surface area is 156 Å². The van der Waals surface area contributed by atoms with Gasteiger partial charge in [0, 0.05) is 24.5 Å². The van der Waals surface area contributed by atoms with E-state index in [4.69, 9.17) is 0 Å². The van der Waals surface area contributed by atoms with Crippen LogP contribution in [0, 0.1) is 0 Å². The summed E-state index contributed by atoms with van der Waals surface area (Å²) in [7, 11) is 3.17. The second-order valence-corrected chi connectivity index (χ2v) is 5.68. The van der Waals surface area contributed by atoms with Crippen molar-refractivity contribution in [3.63, 3.8) is 0 Å². The summed E-state index contributed by atoms with van der Waals surface area (Å²) in [6.07, 6.45) is 1.34. The minimum Gasteiger partial charge on any atom is -0.465 e. The van der Waals surface area contributed by atoms with E-state index in [1.165, 1.54) is 13.4 Å². The average molecular weight is 362 g/mol. The van der Waals surface area contributed by atoms with Crippen LogP contribution in [0.25, 0.3) is 0 Å². The van der Waals surface area contributed by atoms with Crippen LogP contribution in [0.1, 0.15) is 20.8 Å². The fourth-order valence-corrected chi connectivity index (χ4v) is 2.48. The van der Waals surface area contributed by atoms with Gasteiger partial charge < -0.3 is 15.0 Å². The van der Waals surface area contributed by atoms with Crippen LogP contribution in [0.2, 0.25) is 0 Å². The van der Waals surface area contributed by atoms with E-state index in [0.29, 0.717) is 17.1 Å². The van der Waals surface area contributed by atoms with Crippen LogP contribution in [-0.2, 0) is 4.74 Å². The number of nitrogens with one attached hydrogen (secondary N) is 1. The van der Waals surface area contributed by atoms with Gasteiger partial charge in [-0.25, -0.2) is 14.8 Å². The topological polar surface area (TPSA) is 84.4 Å². The third-order valence-corrected chi connectivity index (χ3v) is 3.91. The largest absolute Gasteiger partial charge is 0.465 e. The number of carbonyl (C=O) groups excluding carboxylic acids is 2. The first-order valence-electron chi connectivity index (χ1n) is 8.19. The van der Waals surface area contributed by atoms with Gasteiger partial charge in [-0.2, -0.15) is 0 Å². The molecule has 0 aliphatic heterocycles. The molecule has 0 bridgehead atoms. The number of aromatic nitrogens is 2. The van der Waals surface area contributed by atoms with E-state index >= 15 is 0 Å². The molecule has 2 aromatic carbocycles. The summed E-state index contributed by atoms with van der Waals surface area (Å²) in [6, 6.07) is 17.8. The van der Waals surface area contributed by atoms with Gasteiger partial charge in [0.25, 0.3) is 5.91 Å². The van der Waals surface area contributed by atoms with Crippen molar-refractivity contribution in [3.05, 3.63) is 78.2 Å². The van der Waals surface area contributed by atoms with Crippen LogP contribution in [0.5, 0.6) is 0 Å². The Balaban J connectivity index is 1.79. The number of esters is 1. The van der Waals surface area contributed by atoms with E-state index in [0.717, 1.165) is 5.69 Å². The monoisotopic (exact) mass is 362 g/mol. The molecule has 0 unspecified atom stereocenters. The zero-order valence-electron chi connectivity index (χ0n) is 14.9. The van der Waals surface area contributed by atoms with Crippen molar-refractivity contribution in [1.82, 2.24) is 9.97 Å². The summed E-state index contributed by atoms with van der Waals surface area (Å²) in [5.74, 6) is -0.285. The Morgan fingerprint density at radius 2 is 1.78 bits per heavy atom. The average Bonchev–Trinajstić information content (AvgIpc) is 2.73. The Hall–Kier alpha value is -3.74. The molecule has 0 spiro atoms. The molecule has 1 N–H and O–H groups in total. The first-order chi connectivity index (χ1) is 13.1. The lowest BCUT2D eigenvalue weighted by molar-refractivity contribution is 0.0600. The van der Waals surface area contributed by atoms with E-state index in [9.17, 15) is 9.59 Å². The molecule has 3 rings (SSSR count). The molecule has 0 saturated carbocycles. The SMILES string of the molecule is COC(=O)c1cccc(NC(=O)c2cc(N(C)c3ccccc3)ncn2)c1. The maximum atomic E-state index is 12.5. The van der Waals surface area contributed by atoms with Gasteiger partial charge in [0.2, 0.25) is 0 Å². The van der Waals surface area contributed by atoms with Gasteiger partial charge in [-0.15, -0.1) is 0 Å². The van der Waals surface area contributed by atoms with Crippen molar-refractivity contribution in [1.29, 1.82) is 0 Å². The lowest BCUT2D eigenvalue weighted by Gasteiger charge is -2.18. The highest BCUT2D eigenvalue weighted by atomic mass is 16.5. The number of ether oxygens (including phenoxy) is 1. The number of para-hydroxylation sites is 1. The number of anilines is 3. The number of nitrogens with zero attached hydrogens (tertiary/aromatic N) is 3. The minimum absolute atomic E-state index is 0.214. The summed E-state index contributed by atoms with van der Waals surface area (Å²) in [5, 5.41) is 2.73. The van der Waals surface area contributed by atoms with Gasteiger partial charge in [-0.1, -0.05) is 24.3 Å². The smallest absolute Gasteiger partial charge is 0.337 e. The van der Waals surface area contributed by atoms with Crippen LogP contribution in [0.4, 0.5) is 17.2 Å². The highest BCUT2D eigenvalue weighted by molar-refractivity contribution is 6.04. The van der Waals surface area contributed by atoms with Gasteiger partial charge in [0.05, 0.1) is 12.7 Å². The first-order valence-corrected chi connectivity index (χ1v) is 8.19. The molecule has 27 heavy (non-hydrogen) atoms. The second kappa shape index (κ2) is 8.09. The Morgan fingerprint density at radius 3 is 2.52 bits per heavy atom. The zero-order chi connectivity index (χ0) is 19.2. The maximum absolute atomic E-state index is 12.5. The predicted octanol–water partition coefficient (Wildman–Crippen LogP) is 3.28. The molecule has 0 fully saturated rings. The Kier molecular flexibility index (Phi) is 5.41. The number of benzene rings is 2. The molecule has 0 aliphatic carbocycles. The van der Waals surface area contributed by atoms with E-state index in [-0.39, 0.29) is 5.69 Å². The number of carbonyl (C=O) groups is 2. The first kappa shape index (κ1) is 18.1. The maximum Gasteiger partial charge on any atom is 0.337 e. The minimum atomic E-state index is -0.472. The second-order valence-electron chi connectivity index (χ2n) is 5.68. The predicted molar refractivity (Wildman–Crippen MR) is 102 cm³/mol. The summed E-state index contributed by atoms with van der Waals surface area (Å²) in [5.41, 5.74) is 1.97. The van der Waals surface area contributed by atoms with E-state index in [2.05, 4.69) is 20.0 Å². The number of methoxy groups -OCH3 is 1. The van der Waals surface area contributed by atoms with Crippen LogP contribution in [0.3, 0.4) is 0 Å². The molecule has 0 saturated heterocycles. The molecule has 1 amide bonds. The number of hydrogen-bond acceptors (Lipinski definition) is 6. The van der Waals surface area contributed by atoms with Gasteiger partial charge >= 0.3 is 5.97 Å². The molecule has 7 heteroatoms. The molecule has 0 aliphatic rings. The Bertz CT molecular complexity index is 960. The molecule has 136 valence electrons. The summed E-state index contributed by atoms with van der Waals surface area (Å²) in [4.78, 5) is 34.3. The lowest BCUT2D eigenvalue weighted by atomic mass is 10.2. The number of rotatable bonds is 5. The molecule has 1 heterocycles. The summed E-state index contributed by atoms with van der Waals surface area (Å²) < 4.78 is 4.69. The van der Waals surface area contributed by atoms with Crippen LogP contribution in [0.15, 0.2) is 67.0 Å². The molecule has 1 aromatic heterocycles. The van der Waals surface area contributed by atoms with Gasteiger partial charge in [-0.05, 0) is 30.3 Å². The quantitative estimate of drug-likeness (QED) is 0.701. The van der Waals surface area contributed by atoms with Gasteiger partial charge in [0.15, 0.2) is 0 Å². The van der Waals surface area contributed by atoms with Crippen molar-refractivity contribution < 1.29 is 14.3 Å². The van der Waals surface area contributed by atoms with Crippen LogP contribution >= 0.6 is 0 Å². The lowest BCUT2D eigenvalue weighted by Crippen LogP contribution is -2.17. The number of hydrogen-bond donors (Lipinski definition) is 1. The molecular weight excluding hydrogens is 344 g/mol. The molecule has 0 radical (unpaired) electrons. The van der Waals surface area contributed by atoms with Crippen molar-refractivity contribution in [3.8, 4) is 0 Å². The molecular formula is C20H18N4O3. The number of amides is 1. The van der Waals surface area contributed by atoms with Crippen LogP contribution in [-0.4, -0.2) is 36.0 Å². The highest BCUT2D eigenvalue weighted by Crippen LogP contribution is 2.21.